The van der Waals surface area contributed by atoms with E-state index in [2.05, 4.69) is 0 Å². The molecule has 2 aromatic carbocycles. The molecular weight excluding hydrogens is 382 g/mol. The van der Waals surface area contributed by atoms with Crippen molar-refractivity contribution in [3.05, 3.63) is 64.7 Å². The number of allylic oxidation sites excluding steroid dienone is 1. The number of nitrogens with two attached hydrogens (primary N) is 1. The molecule has 0 fully saturated rings. The monoisotopic (exact) mass is 405 g/mol. The third-order valence-electron chi connectivity index (χ3n) is 3.66. The van der Waals surface area contributed by atoms with Crippen LogP contribution in [0.25, 0.3) is 6.08 Å². The summed E-state index contributed by atoms with van der Waals surface area (Å²) in [6, 6.07) is 11.5. The van der Waals surface area contributed by atoms with E-state index in [0.29, 0.717) is 49.3 Å². The molecule has 0 spiro atoms. The molecule has 0 aliphatic carbocycles. The van der Waals surface area contributed by atoms with Gasteiger partial charge in [-0.15, -0.1) is 0 Å². The Balaban J connectivity index is 1.83. The molecule has 0 aromatic heterocycles. The molecule has 0 heterocycles. The fourth-order valence-electron chi connectivity index (χ4n) is 2.25. The number of carbonyl (C=O) groups excluding carboxylic acids is 1. The van der Waals surface area contributed by atoms with Crippen LogP contribution in [0, 0.1) is 0 Å². The number of hydrogen-bond acceptors (Lipinski definition) is 6. The number of halogens is 1. The Hall–Kier alpha value is -2.38. The van der Waals surface area contributed by atoms with Crippen LogP contribution in [0.2, 0.25) is 5.02 Å². The van der Waals surface area contributed by atoms with Crippen molar-refractivity contribution in [2.45, 2.75) is 0 Å². The van der Waals surface area contributed by atoms with Crippen LogP contribution in [0.1, 0.15) is 15.9 Å². The Labute approximate surface area is 169 Å². The summed E-state index contributed by atoms with van der Waals surface area (Å²) in [5.74, 6) is 0.203. The van der Waals surface area contributed by atoms with Gasteiger partial charge in [-0.1, -0.05) is 23.7 Å². The normalized spacial score (nSPS) is 11.1. The Kier molecular flexibility index (Phi) is 9.51. The molecule has 3 N–H and O–H groups in total. The summed E-state index contributed by atoms with van der Waals surface area (Å²) in [5, 5.41) is 10.5. The van der Waals surface area contributed by atoms with Crippen molar-refractivity contribution in [3.8, 4) is 11.5 Å². The summed E-state index contributed by atoms with van der Waals surface area (Å²) >= 11 is 5.82. The second-order valence-corrected chi connectivity index (χ2v) is 6.23. The first kappa shape index (κ1) is 21.9. The lowest BCUT2D eigenvalue weighted by Crippen LogP contribution is -2.14. The standard InChI is InChI=1S/C21H24ClNO5/c22-18-5-3-17(4-6-18)19(24)7-1-16-2-8-20(25)21(15-16)28-14-13-27-12-11-26-10-9-23/h1-8,15,25H,9-14,23H2/b7-1+. The van der Waals surface area contributed by atoms with E-state index in [9.17, 15) is 9.90 Å². The van der Waals surface area contributed by atoms with Crippen molar-refractivity contribution < 1.29 is 24.1 Å². The predicted octanol–water partition coefficient (Wildman–Crippen LogP) is 3.31. The Morgan fingerprint density at radius 3 is 2.39 bits per heavy atom. The van der Waals surface area contributed by atoms with E-state index in [4.69, 9.17) is 31.5 Å². The van der Waals surface area contributed by atoms with Crippen LogP contribution in [0.5, 0.6) is 11.5 Å². The zero-order chi connectivity index (χ0) is 20.2. The van der Waals surface area contributed by atoms with Gasteiger partial charge < -0.3 is 25.1 Å². The third kappa shape index (κ3) is 7.70. The highest BCUT2D eigenvalue weighted by atomic mass is 35.5. The fraction of sp³-hybridized carbons (Fsp3) is 0.286. The van der Waals surface area contributed by atoms with Gasteiger partial charge in [0.25, 0.3) is 0 Å². The third-order valence-corrected chi connectivity index (χ3v) is 3.91. The van der Waals surface area contributed by atoms with Crippen molar-refractivity contribution in [2.75, 3.05) is 39.6 Å². The molecule has 0 radical (unpaired) electrons. The average Bonchev–Trinajstić information content (AvgIpc) is 2.70. The minimum Gasteiger partial charge on any atom is -0.504 e. The second-order valence-electron chi connectivity index (χ2n) is 5.79. The average molecular weight is 406 g/mol. The first-order valence-electron chi connectivity index (χ1n) is 8.89. The number of phenols is 1. The molecule has 0 saturated carbocycles. The summed E-state index contributed by atoms with van der Waals surface area (Å²) in [5.41, 5.74) is 6.59. The number of rotatable bonds is 12. The van der Waals surface area contributed by atoms with E-state index in [1.807, 2.05) is 0 Å². The number of ketones is 1. The molecule has 0 saturated heterocycles. The van der Waals surface area contributed by atoms with Gasteiger partial charge in [-0.2, -0.15) is 0 Å². The van der Waals surface area contributed by atoms with Gasteiger partial charge in [0.15, 0.2) is 17.3 Å². The maximum Gasteiger partial charge on any atom is 0.185 e. The fourth-order valence-corrected chi connectivity index (χ4v) is 2.37. The van der Waals surface area contributed by atoms with Crippen molar-refractivity contribution in [3.63, 3.8) is 0 Å². The zero-order valence-electron chi connectivity index (χ0n) is 15.5. The van der Waals surface area contributed by atoms with Crippen LogP contribution in [-0.4, -0.2) is 50.5 Å². The van der Waals surface area contributed by atoms with Gasteiger partial charge in [0.2, 0.25) is 0 Å². The molecule has 6 nitrogen and oxygen atoms in total. The number of phenolic OH excluding ortho intramolecular Hbond substituents is 1. The van der Waals surface area contributed by atoms with E-state index in [1.54, 1.807) is 42.5 Å². The van der Waals surface area contributed by atoms with Crippen molar-refractivity contribution in [1.82, 2.24) is 0 Å². The Morgan fingerprint density at radius 1 is 1.00 bits per heavy atom. The van der Waals surface area contributed by atoms with E-state index in [0.717, 1.165) is 5.56 Å². The zero-order valence-corrected chi connectivity index (χ0v) is 16.2. The number of aromatic hydroxyl groups is 1. The lowest BCUT2D eigenvalue weighted by molar-refractivity contribution is 0.0385. The molecule has 0 aliphatic rings. The summed E-state index contributed by atoms with van der Waals surface area (Å²) in [6.45, 7) is 2.56. The Bertz CT molecular complexity index is 777. The molecule has 28 heavy (non-hydrogen) atoms. The number of ether oxygens (including phenoxy) is 3. The van der Waals surface area contributed by atoms with Crippen LogP contribution in [0.3, 0.4) is 0 Å². The predicted molar refractivity (Wildman–Crippen MR) is 109 cm³/mol. The van der Waals surface area contributed by atoms with Gasteiger partial charge in [0, 0.05) is 17.1 Å². The van der Waals surface area contributed by atoms with Crippen molar-refractivity contribution in [2.24, 2.45) is 5.73 Å². The molecule has 0 bridgehead atoms. The maximum absolute atomic E-state index is 12.2. The van der Waals surface area contributed by atoms with Crippen LogP contribution in [0.15, 0.2) is 48.5 Å². The first-order valence-corrected chi connectivity index (χ1v) is 9.27. The molecule has 150 valence electrons. The molecule has 0 aliphatic heterocycles. The SMILES string of the molecule is NCCOCCOCCOc1cc(/C=C/C(=O)c2ccc(Cl)cc2)ccc1O. The highest BCUT2D eigenvalue weighted by Crippen LogP contribution is 2.27. The van der Waals surface area contributed by atoms with E-state index in [-0.39, 0.29) is 18.1 Å². The highest BCUT2D eigenvalue weighted by molar-refractivity contribution is 6.30. The van der Waals surface area contributed by atoms with Gasteiger partial charge in [-0.25, -0.2) is 0 Å². The minimum atomic E-state index is -0.141. The van der Waals surface area contributed by atoms with Gasteiger partial charge in [-0.05, 0) is 48.0 Å². The lowest BCUT2D eigenvalue weighted by atomic mass is 10.1. The topological polar surface area (TPSA) is 91.0 Å². The Morgan fingerprint density at radius 2 is 1.68 bits per heavy atom. The van der Waals surface area contributed by atoms with Gasteiger partial charge in [0.1, 0.15) is 6.61 Å². The quantitative estimate of drug-likeness (QED) is 0.320. The largest absolute Gasteiger partial charge is 0.504 e. The maximum atomic E-state index is 12.2. The molecule has 0 amide bonds. The summed E-state index contributed by atoms with van der Waals surface area (Å²) in [6.07, 6.45) is 3.12. The summed E-state index contributed by atoms with van der Waals surface area (Å²) < 4.78 is 16.1. The number of carbonyl (C=O) groups is 1. The highest BCUT2D eigenvalue weighted by Gasteiger charge is 2.05. The van der Waals surface area contributed by atoms with E-state index in [1.165, 1.54) is 12.1 Å². The molecule has 7 heteroatoms. The van der Waals surface area contributed by atoms with Gasteiger partial charge in [0.05, 0.1) is 26.4 Å². The number of hydrogen-bond donors (Lipinski definition) is 2. The lowest BCUT2D eigenvalue weighted by Gasteiger charge is -2.09. The smallest absolute Gasteiger partial charge is 0.185 e. The molecule has 0 unspecified atom stereocenters. The van der Waals surface area contributed by atoms with Crippen LogP contribution in [-0.2, 0) is 9.47 Å². The van der Waals surface area contributed by atoms with Crippen LogP contribution in [0.4, 0.5) is 0 Å². The van der Waals surface area contributed by atoms with E-state index < -0.39 is 0 Å². The molecule has 0 atom stereocenters. The summed E-state index contributed by atoms with van der Waals surface area (Å²) in [7, 11) is 0. The summed E-state index contributed by atoms with van der Waals surface area (Å²) in [4.78, 5) is 12.2. The molecule has 2 aromatic rings. The van der Waals surface area contributed by atoms with Crippen molar-refractivity contribution in [1.29, 1.82) is 0 Å². The molecule has 2 rings (SSSR count). The number of benzene rings is 2. The van der Waals surface area contributed by atoms with E-state index >= 15 is 0 Å². The van der Waals surface area contributed by atoms with Crippen LogP contribution >= 0.6 is 11.6 Å². The minimum absolute atomic E-state index is 0.0208. The van der Waals surface area contributed by atoms with Crippen molar-refractivity contribution >= 4 is 23.5 Å². The van der Waals surface area contributed by atoms with Gasteiger partial charge >= 0.3 is 0 Å². The molecular formula is C21H24ClNO5. The van der Waals surface area contributed by atoms with Gasteiger partial charge in [-0.3, -0.25) is 4.79 Å². The second kappa shape index (κ2) is 12.2. The first-order chi connectivity index (χ1) is 13.6. The van der Waals surface area contributed by atoms with Crippen LogP contribution < -0.4 is 10.5 Å².